The van der Waals surface area contributed by atoms with Gasteiger partial charge in [-0.05, 0) is 24.3 Å². The maximum absolute atomic E-state index is 10.2. The molecule has 0 aliphatic rings. The number of rotatable bonds is 3. The first kappa shape index (κ1) is 13.7. The Bertz CT molecular complexity index is 826. The first-order chi connectivity index (χ1) is 10.6. The monoisotopic (exact) mass is 295 g/mol. The highest BCUT2D eigenvalue weighted by molar-refractivity contribution is 5.77. The minimum Gasteiger partial charge on any atom is -0.508 e. The van der Waals surface area contributed by atoms with Crippen LogP contribution in [0, 0.1) is 0 Å². The van der Waals surface area contributed by atoms with Crippen LogP contribution in [0.5, 0.6) is 11.5 Å². The molecule has 6 nitrogen and oxygen atoms in total. The Labute approximate surface area is 126 Å². The van der Waals surface area contributed by atoms with E-state index in [0.717, 1.165) is 11.8 Å². The van der Waals surface area contributed by atoms with E-state index in [1.54, 1.807) is 4.57 Å². The highest BCUT2D eigenvalue weighted by Crippen LogP contribution is 2.28. The highest BCUT2D eigenvalue weighted by atomic mass is 16.3. The van der Waals surface area contributed by atoms with Crippen molar-refractivity contribution in [3.63, 3.8) is 0 Å². The van der Waals surface area contributed by atoms with Crippen LogP contribution in [0.25, 0.3) is 17.5 Å². The van der Waals surface area contributed by atoms with Gasteiger partial charge in [-0.25, -0.2) is 0 Å². The maximum Gasteiger partial charge on any atom is 0.164 e. The summed E-state index contributed by atoms with van der Waals surface area (Å²) in [5, 5.41) is 37.0. The summed E-state index contributed by atoms with van der Waals surface area (Å²) in [6, 6.07) is 13.4. The molecular weight excluding hydrogens is 282 g/mol. The van der Waals surface area contributed by atoms with Crippen molar-refractivity contribution < 1.29 is 15.3 Å². The molecule has 0 unspecified atom stereocenters. The quantitative estimate of drug-likeness (QED) is 0.646. The predicted octanol–water partition coefficient (Wildman–Crippen LogP) is 2.73. The van der Waals surface area contributed by atoms with Crippen molar-refractivity contribution in [1.29, 1.82) is 0 Å². The normalized spacial score (nSPS) is 11.5. The van der Waals surface area contributed by atoms with Crippen LogP contribution in [-0.2, 0) is 0 Å². The molecule has 0 radical (unpaired) electrons. The molecule has 0 fully saturated rings. The van der Waals surface area contributed by atoms with Gasteiger partial charge in [-0.1, -0.05) is 18.2 Å². The lowest BCUT2D eigenvalue weighted by Gasteiger charge is -2.06. The van der Waals surface area contributed by atoms with Gasteiger partial charge in [0.05, 0.1) is 5.56 Å². The van der Waals surface area contributed by atoms with Crippen molar-refractivity contribution in [1.82, 2.24) is 14.8 Å². The number of para-hydroxylation sites is 1. The standard InChI is InChI=1S/C16H13N3O3/c20-12-6-7-13(14(21)8-12)15(22)9-16-18-17-10-19(16)11-4-2-1-3-5-11/h1-10,20-22H/b15-9-. The summed E-state index contributed by atoms with van der Waals surface area (Å²) < 4.78 is 1.70. The van der Waals surface area contributed by atoms with E-state index >= 15 is 0 Å². The lowest BCUT2D eigenvalue weighted by molar-refractivity contribution is 0.443. The summed E-state index contributed by atoms with van der Waals surface area (Å²) in [4.78, 5) is 0. The first-order valence-corrected chi connectivity index (χ1v) is 6.53. The molecule has 0 aliphatic carbocycles. The first-order valence-electron chi connectivity index (χ1n) is 6.53. The molecule has 3 N–H and O–H groups in total. The lowest BCUT2D eigenvalue weighted by Crippen LogP contribution is -1.96. The van der Waals surface area contributed by atoms with Gasteiger partial charge >= 0.3 is 0 Å². The van der Waals surface area contributed by atoms with Gasteiger partial charge in [0.25, 0.3) is 0 Å². The zero-order valence-corrected chi connectivity index (χ0v) is 11.5. The number of phenols is 2. The SMILES string of the molecule is O/C(=C\c1nncn1-c1ccccc1)c1ccc(O)cc1O. The van der Waals surface area contributed by atoms with Crippen molar-refractivity contribution >= 4 is 11.8 Å². The van der Waals surface area contributed by atoms with Gasteiger partial charge in [-0.3, -0.25) is 4.57 Å². The molecule has 1 aromatic heterocycles. The molecule has 1 heterocycles. The number of hydrogen-bond acceptors (Lipinski definition) is 5. The third-order valence-electron chi connectivity index (χ3n) is 3.13. The Morgan fingerprint density at radius 2 is 1.82 bits per heavy atom. The van der Waals surface area contributed by atoms with E-state index < -0.39 is 0 Å². The van der Waals surface area contributed by atoms with Gasteiger partial charge < -0.3 is 15.3 Å². The number of benzene rings is 2. The van der Waals surface area contributed by atoms with Crippen LogP contribution in [0.4, 0.5) is 0 Å². The molecule has 110 valence electrons. The van der Waals surface area contributed by atoms with E-state index in [-0.39, 0.29) is 22.8 Å². The van der Waals surface area contributed by atoms with Gasteiger partial charge in [0.2, 0.25) is 0 Å². The third kappa shape index (κ3) is 2.62. The number of aromatic hydroxyl groups is 2. The minimum atomic E-state index is -0.223. The summed E-state index contributed by atoms with van der Waals surface area (Å²) in [6.07, 6.45) is 2.93. The smallest absolute Gasteiger partial charge is 0.164 e. The van der Waals surface area contributed by atoms with Crippen LogP contribution in [0.1, 0.15) is 11.4 Å². The largest absolute Gasteiger partial charge is 0.508 e. The van der Waals surface area contributed by atoms with Crippen molar-refractivity contribution in [2.45, 2.75) is 0 Å². The van der Waals surface area contributed by atoms with Crippen LogP contribution in [0.15, 0.2) is 54.9 Å². The second-order valence-corrected chi connectivity index (χ2v) is 4.63. The summed E-state index contributed by atoms with van der Waals surface area (Å²) in [5.41, 5.74) is 1.04. The molecule has 0 bridgehead atoms. The number of aliphatic hydroxyl groups is 1. The molecule has 3 aromatic rings. The lowest BCUT2D eigenvalue weighted by atomic mass is 10.1. The van der Waals surface area contributed by atoms with Crippen LogP contribution >= 0.6 is 0 Å². The zero-order chi connectivity index (χ0) is 15.5. The number of hydrogen-bond donors (Lipinski definition) is 3. The Morgan fingerprint density at radius 3 is 2.55 bits per heavy atom. The van der Waals surface area contributed by atoms with E-state index in [2.05, 4.69) is 10.2 Å². The summed E-state index contributed by atoms with van der Waals surface area (Å²) in [6.45, 7) is 0. The van der Waals surface area contributed by atoms with Crippen LogP contribution < -0.4 is 0 Å². The Balaban J connectivity index is 2.01. The summed E-state index contributed by atoms with van der Waals surface area (Å²) in [5.74, 6) is -0.0696. The van der Waals surface area contributed by atoms with E-state index in [9.17, 15) is 15.3 Å². The van der Waals surface area contributed by atoms with Gasteiger partial charge in [0.15, 0.2) is 5.82 Å². The van der Waals surface area contributed by atoms with E-state index in [4.69, 9.17) is 0 Å². The second kappa shape index (κ2) is 5.61. The Hall–Kier alpha value is -3.28. The molecule has 2 aromatic carbocycles. The van der Waals surface area contributed by atoms with E-state index in [0.29, 0.717) is 5.82 Å². The van der Waals surface area contributed by atoms with Crippen molar-refractivity contribution in [2.24, 2.45) is 0 Å². The fourth-order valence-electron chi connectivity index (χ4n) is 2.07. The Morgan fingerprint density at radius 1 is 1.05 bits per heavy atom. The number of aliphatic hydroxyl groups excluding tert-OH is 1. The molecule has 6 heteroatoms. The molecule has 0 amide bonds. The van der Waals surface area contributed by atoms with Gasteiger partial charge in [-0.15, -0.1) is 10.2 Å². The van der Waals surface area contributed by atoms with Crippen molar-refractivity contribution in [3.05, 3.63) is 66.2 Å². The molecule has 0 aliphatic heterocycles. The highest BCUT2D eigenvalue weighted by Gasteiger charge is 2.10. The summed E-state index contributed by atoms with van der Waals surface area (Å²) in [7, 11) is 0. The molecular formula is C16H13N3O3. The van der Waals surface area contributed by atoms with Crippen LogP contribution in [0.3, 0.4) is 0 Å². The maximum atomic E-state index is 10.2. The van der Waals surface area contributed by atoms with E-state index in [1.165, 1.54) is 24.5 Å². The number of nitrogens with zero attached hydrogens (tertiary/aromatic N) is 3. The molecule has 0 saturated carbocycles. The number of aromatic nitrogens is 3. The fourth-order valence-corrected chi connectivity index (χ4v) is 2.07. The zero-order valence-electron chi connectivity index (χ0n) is 11.5. The van der Waals surface area contributed by atoms with Crippen molar-refractivity contribution in [3.8, 4) is 17.2 Å². The average molecular weight is 295 g/mol. The molecule has 0 saturated heterocycles. The third-order valence-corrected chi connectivity index (χ3v) is 3.13. The minimum absolute atomic E-state index is 0.0819. The second-order valence-electron chi connectivity index (χ2n) is 4.63. The topological polar surface area (TPSA) is 91.4 Å². The van der Waals surface area contributed by atoms with Crippen molar-refractivity contribution in [2.75, 3.05) is 0 Å². The van der Waals surface area contributed by atoms with Crippen LogP contribution in [-0.4, -0.2) is 30.1 Å². The summed E-state index contributed by atoms with van der Waals surface area (Å²) >= 11 is 0. The molecule has 0 spiro atoms. The molecule has 22 heavy (non-hydrogen) atoms. The predicted molar refractivity (Wildman–Crippen MR) is 81.6 cm³/mol. The molecule has 3 rings (SSSR count). The fraction of sp³-hybridized carbons (Fsp3) is 0. The number of phenolic OH excluding ortho intramolecular Hbond substituents is 2. The average Bonchev–Trinajstić information content (AvgIpc) is 2.96. The van der Waals surface area contributed by atoms with Gasteiger partial charge in [0.1, 0.15) is 23.6 Å². The molecule has 0 atom stereocenters. The Kier molecular flexibility index (Phi) is 3.49. The van der Waals surface area contributed by atoms with Gasteiger partial charge in [-0.2, -0.15) is 0 Å². The van der Waals surface area contributed by atoms with Gasteiger partial charge in [0, 0.05) is 17.8 Å². The van der Waals surface area contributed by atoms with Crippen LogP contribution in [0.2, 0.25) is 0 Å². The van der Waals surface area contributed by atoms with E-state index in [1.807, 2.05) is 30.3 Å².